The van der Waals surface area contributed by atoms with Gasteiger partial charge in [0.15, 0.2) is 0 Å². The molecule has 2 aromatic heterocycles. The highest BCUT2D eigenvalue weighted by Crippen LogP contribution is 2.14. The van der Waals surface area contributed by atoms with Crippen molar-refractivity contribution in [3.63, 3.8) is 0 Å². The van der Waals surface area contributed by atoms with Crippen LogP contribution < -0.4 is 5.73 Å². The number of nitrogens with zero attached hydrogens (tertiary/aromatic N) is 3. The third-order valence-electron chi connectivity index (χ3n) is 1.92. The fourth-order valence-corrected chi connectivity index (χ4v) is 1.54. The van der Waals surface area contributed by atoms with Crippen LogP contribution in [0.15, 0.2) is 23.1 Å². The summed E-state index contributed by atoms with van der Waals surface area (Å²) in [6, 6.07) is 1.72. The lowest BCUT2D eigenvalue weighted by molar-refractivity contribution is 0.182. The summed E-state index contributed by atoms with van der Waals surface area (Å²) < 4.78 is 2.60. The first-order chi connectivity index (χ1) is 6.72. The van der Waals surface area contributed by atoms with Gasteiger partial charge in [-0.2, -0.15) is 0 Å². The Kier molecular flexibility index (Phi) is 2.49. The zero-order chi connectivity index (χ0) is 10.1. The predicted molar refractivity (Wildman–Crippen MR) is 54.7 cm³/mol. The number of imidazole rings is 1. The van der Waals surface area contributed by atoms with Crippen LogP contribution in [-0.4, -0.2) is 26.0 Å². The molecule has 0 aliphatic carbocycles. The maximum absolute atomic E-state index is 9.46. The average molecular weight is 257 g/mol. The quantitative estimate of drug-likeness (QED) is 0.820. The summed E-state index contributed by atoms with van der Waals surface area (Å²) in [5.74, 6) is 0.543. The molecule has 1 atom stereocenters. The van der Waals surface area contributed by atoms with Crippen molar-refractivity contribution >= 4 is 21.7 Å². The molecule has 0 amide bonds. The maximum Gasteiger partial charge on any atom is 0.234 e. The van der Waals surface area contributed by atoms with Crippen molar-refractivity contribution < 1.29 is 5.11 Å². The van der Waals surface area contributed by atoms with Crippen LogP contribution in [0.1, 0.15) is 11.8 Å². The molecule has 0 saturated heterocycles. The van der Waals surface area contributed by atoms with Gasteiger partial charge in [-0.1, -0.05) is 0 Å². The number of hydrogen-bond donors (Lipinski definition) is 2. The number of rotatable bonds is 2. The van der Waals surface area contributed by atoms with Crippen LogP contribution in [0.25, 0.3) is 5.78 Å². The smallest absolute Gasteiger partial charge is 0.234 e. The van der Waals surface area contributed by atoms with Crippen LogP contribution in [-0.2, 0) is 0 Å². The molecule has 0 aliphatic rings. The molecule has 6 heteroatoms. The van der Waals surface area contributed by atoms with E-state index in [0.717, 1.165) is 4.60 Å². The third kappa shape index (κ3) is 1.52. The molecule has 0 aliphatic heterocycles. The molecule has 2 aromatic rings. The van der Waals surface area contributed by atoms with E-state index >= 15 is 0 Å². The summed E-state index contributed by atoms with van der Waals surface area (Å²) in [4.78, 5) is 8.21. The normalized spacial score (nSPS) is 13.4. The van der Waals surface area contributed by atoms with Crippen LogP contribution in [0.4, 0.5) is 0 Å². The average Bonchev–Trinajstić information content (AvgIpc) is 2.59. The third-order valence-corrected chi connectivity index (χ3v) is 2.51. The van der Waals surface area contributed by atoms with Gasteiger partial charge in [0.05, 0.1) is 11.9 Å². The van der Waals surface area contributed by atoms with Crippen LogP contribution in [0, 0.1) is 0 Å². The molecule has 0 saturated carbocycles. The summed E-state index contributed by atoms with van der Waals surface area (Å²) in [5.41, 5.74) is 5.87. The molecule has 2 rings (SSSR count). The second-order valence-electron chi connectivity index (χ2n) is 2.85. The van der Waals surface area contributed by atoms with E-state index in [1.165, 1.54) is 0 Å². The second kappa shape index (κ2) is 3.64. The molecular formula is C8H9BrN4O. The van der Waals surface area contributed by atoms with E-state index in [0.29, 0.717) is 11.5 Å². The first-order valence-electron chi connectivity index (χ1n) is 4.10. The molecule has 0 radical (unpaired) electrons. The molecule has 3 N–H and O–H groups in total. The SMILES string of the molecule is NCC(O)c1ccn2c(Br)cnc2n1. The largest absolute Gasteiger partial charge is 0.385 e. The minimum absolute atomic E-state index is 0.158. The highest BCUT2D eigenvalue weighted by atomic mass is 79.9. The van der Waals surface area contributed by atoms with Gasteiger partial charge >= 0.3 is 0 Å². The van der Waals surface area contributed by atoms with Crippen molar-refractivity contribution in [1.29, 1.82) is 0 Å². The highest BCUT2D eigenvalue weighted by Gasteiger charge is 2.08. The fraction of sp³-hybridized carbons (Fsp3) is 0.250. The first-order valence-corrected chi connectivity index (χ1v) is 4.89. The zero-order valence-electron chi connectivity index (χ0n) is 7.26. The Labute approximate surface area is 88.7 Å². The van der Waals surface area contributed by atoms with Crippen LogP contribution >= 0.6 is 15.9 Å². The lowest BCUT2D eigenvalue weighted by Gasteiger charge is -2.06. The number of hydrogen-bond acceptors (Lipinski definition) is 4. The molecule has 0 fully saturated rings. The Balaban J connectivity index is 2.52. The molecule has 0 spiro atoms. The first kappa shape index (κ1) is 9.57. The van der Waals surface area contributed by atoms with Crippen molar-refractivity contribution in [2.75, 3.05) is 6.54 Å². The van der Waals surface area contributed by atoms with Crippen molar-refractivity contribution in [2.45, 2.75) is 6.10 Å². The molecule has 0 aromatic carbocycles. The number of nitrogens with two attached hydrogens (primary N) is 1. The topological polar surface area (TPSA) is 76.4 Å². The second-order valence-corrected chi connectivity index (χ2v) is 3.67. The zero-order valence-corrected chi connectivity index (χ0v) is 8.85. The summed E-state index contributed by atoms with van der Waals surface area (Å²) in [7, 11) is 0. The van der Waals surface area contributed by atoms with Gasteiger partial charge < -0.3 is 10.8 Å². The molecule has 1 unspecified atom stereocenters. The number of aromatic nitrogens is 3. The van der Waals surface area contributed by atoms with E-state index in [2.05, 4.69) is 25.9 Å². The van der Waals surface area contributed by atoms with Gasteiger partial charge in [-0.3, -0.25) is 4.40 Å². The van der Waals surface area contributed by atoms with E-state index in [4.69, 9.17) is 5.73 Å². The Bertz CT molecular complexity index is 456. The number of aliphatic hydroxyl groups is 1. The van der Waals surface area contributed by atoms with Crippen LogP contribution in [0.2, 0.25) is 0 Å². The summed E-state index contributed by atoms with van der Waals surface area (Å²) in [6.07, 6.45) is 2.71. The van der Waals surface area contributed by atoms with Gasteiger partial charge in [-0.25, -0.2) is 9.97 Å². The summed E-state index contributed by atoms with van der Waals surface area (Å²) in [6.45, 7) is 0.158. The molecule has 0 bridgehead atoms. The molecule has 74 valence electrons. The maximum atomic E-state index is 9.46. The van der Waals surface area contributed by atoms with Crippen molar-refractivity contribution in [2.24, 2.45) is 5.73 Å². The molecule has 14 heavy (non-hydrogen) atoms. The Morgan fingerprint density at radius 1 is 1.64 bits per heavy atom. The van der Waals surface area contributed by atoms with Gasteiger partial charge in [-0.15, -0.1) is 0 Å². The Morgan fingerprint density at radius 2 is 2.43 bits per heavy atom. The van der Waals surface area contributed by atoms with Gasteiger partial charge in [0.1, 0.15) is 10.7 Å². The van der Waals surface area contributed by atoms with E-state index in [-0.39, 0.29) is 6.54 Å². The number of aliphatic hydroxyl groups excluding tert-OH is 1. The van der Waals surface area contributed by atoms with E-state index < -0.39 is 6.10 Å². The lowest BCUT2D eigenvalue weighted by Crippen LogP contribution is -2.13. The molecular weight excluding hydrogens is 248 g/mol. The summed E-state index contributed by atoms with van der Waals surface area (Å²) in [5, 5.41) is 9.46. The van der Waals surface area contributed by atoms with Crippen molar-refractivity contribution in [3.05, 3.63) is 28.8 Å². The van der Waals surface area contributed by atoms with E-state index in [1.54, 1.807) is 22.9 Å². The highest BCUT2D eigenvalue weighted by molar-refractivity contribution is 9.10. The van der Waals surface area contributed by atoms with Gasteiger partial charge in [0.25, 0.3) is 0 Å². The lowest BCUT2D eigenvalue weighted by atomic mass is 10.2. The van der Waals surface area contributed by atoms with E-state index in [9.17, 15) is 5.11 Å². The minimum Gasteiger partial charge on any atom is -0.385 e. The molecule has 2 heterocycles. The predicted octanol–water partition coefficient (Wildman–Crippen LogP) is 0.484. The molecule has 5 nitrogen and oxygen atoms in total. The van der Waals surface area contributed by atoms with Gasteiger partial charge in [-0.05, 0) is 22.0 Å². The number of fused-ring (bicyclic) bond motifs is 1. The van der Waals surface area contributed by atoms with Crippen LogP contribution in [0.3, 0.4) is 0 Å². The fourth-order valence-electron chi connectivity index (χ4n) is 1.16. The Morgan fingerprint density at radius 3 is 3.14 bits per heavy atom. The Hall–Kier alpha value is -0.980. The van der Waals surface area contributed by atoms with Gasteiger partial charge in [0.2, 0.25) is 5.78 Å². The number of halogens is 1. The standard InChI is InChI=1S/C8H9BrN4O/c9-7-4-11-8-12-5(6(14)3-10)1-2-13(7)8/h1-2,4,6,14H,3,10H2. The van der Waals surface area contributed by atoms with Gasteiger partial charge in [0, 0.05) is 12.7 Å². The van der Waals surface area contributed by atoms with E-state index in [1.807, 2.05) is 0 Å². The van der Waals surface area contributed by atoms with Crippen molar-refractivity contribution in [3.8, 4) is 0 Å². The monoisotopic (exact) mass is 256 g/mol. The summed E-state index contributed by atoms with van der Waals surface area (Å²) >= 11 is 3.32. The van der Waals surface area contributed by atoms with Crippen LogP contribution in [0.5, 0.6) is 0 Å². The minimum atomic E-state index is -0.726. The van der Waals surface area contributed by atoms with Crippen molar-refractivity contribution in [1.82, 2.24) is 14.4 Å².